The Morgan fingerprint density at radius 2 is 2.25 bits per heavy atom. The Bertz CT molecular complexity index is 240. The summed E-state index contributed by atoms with van der Waals surface area (Å²) in [6.07, 6.45) is 0. The van der Waals surface area contributed by atoms with E-state index in [4.69, 9.17) is 10.5 Å². The molecule has 0 saturated carbocycles. The fourth-order valence-corrected chi connectivity index (χ4v) is 0.900. The van der Waals surface area contributed by atoms with Crippen molar-refractivity contribution in [3.05, 3.63) is 35.6 Å². The highest BCUT2D eigenvalue weighted by Gasteiger charge is 1.93. The van der Waals surface area contributed by atoms with Gasteiger partial charge in [0.2, 0.25) is 0 Å². The van der Waals surface area contributed by atoms with Gasteiger partial charge in [-0.25, -0.2) is 4.39 Å². The summed E-state index contributed by atoms with van der Waals surface area (Å²) in [5.41, 5.74) is 6.06. The molecule has 0 saturated heterocycles. The van der Waals surface area contributed by atoms with Gasteiger partial charge in [-0.1, -0.05) is 12.1 Å². The lowest BCUT2D eigenvalue weighted by Crippen LogP contribution is -2.08. The Balaban J connectivity index is 2.41. The van der Waals surface area contributed by atoms with Crippen molar-refractivity contribution in [2.75, 3.05) is 13.2 Å². The van der Waals surface area contributed by atoms with Gasteiger partial charge in [0, 0.05) is 6.54 Å². The summed E-state index contributed by atoms with van der Waals surface area (Å²) < 4.78 is 17.7. The lowest BCUT2D eigenvalue weighted by atomic mass is 10.2. The number of ether oxygens (including phenoxy) is 1. The van der Waals surface area contributed by atoms with E-state index in [9.17, 15) is 4.39 Å². The Morgan fingerprint density at radius 3 is 2.92 bits per heavy atom. The van der Waals surface area contributed by atoms with Gasteiger partial charge in [-0.3, -0.25) is 0 Å². The average Bonchev–Trinajstić information content (AvgIpc) is 2.05. The Labute approximate surface area is 71.1 Å². The van der Waals surface area contributed by atoms with Crippen molar-refractivity contribution in [2.24, 2.45) is 5.73 Å². The van der Waals surface area contributed by atoms with Crippen LogP contribution >= 0.6 is 0 Å². The molecule has 0 aliphatic heterocycles. The number of benzene rings is 1. The Morgan fingerprint density at radius 1 is 1.42 bits per heavy atom. The van der Waals surface area contributed by atoms with E-state index in [0.717, 1.165) is 5.56 Å². The predicted molar refractivity (Wildman–Crippen MR) is 45.1 cm³/mol. The molecule has 1 rings (SSSR count). The fourth-order valence-electron chi connectivity index (χ4n) is 0.900. The van der Waals surface area contributed by atoms with Gasteiger partial charge in [0.05, 0.1) is 13.2 Å². The molecular weight excluding hydrogens is 157 g/mol. The summed E-state index contributed by atoms with van der Waals surface area (Å²) in [5.74, 6) is -0.233. The first kappa shape index (κ1) is 9.16. The van der Waals surface area contributed by atoms with Gasteiger partial charge in [0.1, 0.15) is 5.82 Å². The highest BCUT2D eigenvalue weighted by Crippen LogP contribution is 2.04. The van der Waals surface area contributed by atoms with E-state index >= 15 is 0 Å². The lowest BCUT2D eigenvalue weighted by molar-refractivity contribution is 0.128. The Kier molecular flexibility index (Phi) is 3.70. The lowest BCUT2D eigenvalue weighted by Gasteiger charge is -2.01. The maximum absolute atomic E-state index is 12.6. The van der Waals surface area contributed by atoms with Crippen molar-refractivity contribution >= 4 is 0 Å². The van der Waals surface area contributed by atoms with Crippen LogP contribution in [-0.4, -0.2) is 13.2 Å². The summed E-state index contributed by atoms with van der Waals surface area (Å²) >= 11 is 0. The first-order chi connectivity index (χ1) is 5.83. The van der Waals surface area contributed by atoms with Crippen molar-refractivity contribution in [1.29, 1.82) is 0 Å². The van der Waals surface area contributed by atoms with Gasteiger partial charge in [0.15, 0.2) is 0 Å². The smallest absolute Gasteiger partial charge is 0.123 e. The molecule has 2 N–H and O–H groups in total. The normalized spacial score (nSPS) is 10.2. The van der Waals surface area contributed by atoms with Crippen molar-refractivity contribution in [1.82, 2.24) is 0 Å². The third-order valence-electron chi connectivity index (χ3n) is 1.42. The van der Waals surface area contributed by atoms with Crippen molar-refractivity contribution in [2.45, 2.75) is 6.61 Å². The zero-order valence-corrected chi connectivity index (χ0v) is 6.79. The third kappa shape index (κ3) is 2.98. The molecular formula is C9H12FNO. The van der Waals surface area contributed by atoms with Gasteiger partial charge in [-0.05, 0) is 17.7 Å². The van der Waals surface area contributed by atoms with Crippen LogP contribution in [0.25, 0.3) is 0 Å². The van der Waals surface area contributed by atoms with Crippen LogP contribution in [0.1, 0.15) is 5.56 Å². The largest absolute Gasteiger partial charge is 0.375 e. The van der Waals surface area contributed by atoms with Crippen molar-refractivity contribution in [3.8, 4) is 0 Å². The van der Waals surface area contributed by atoms with E-state index in [2.05, 4.69) is 0 Å². The molecule has 0 spiro atoms. The topological polar surface area (TPSA) is 35.2 Å². The Hall–Kier alpha value is -0.930. The standard InChI is InChI=1S/C9H12FNO/c10-9-3-1-2-8(6-9)7-12-5-4-11/h1-3,6H,4-5,7,11H2. The highest BCUT2D eigenvalue weighted by atomic mass is 19.1. The van der Waals surface area contributed by atoms with Gasteiger partial charge in [-0.15, -0.1) is 0 Å². The molecule has 66 valence electrons. The molecule has 0 fully saturated rings. The molecule has 1 aromatic rings. The van der Waals surface area contributed by atoms with Crippen molar-refractivity contribution < 1.29 is 9.13 Å². The zero-order valence-electron chi connectivity index (χ0n) is 6.79. The number of halogens is 1. The van der Waals surface area contributed by atoms with Crippen LogP contribution in [-0.2, 0) is 11.3 Å². The number of hydrogen-bond donors (Lipinski definition) is 1. The fraction of sp³-hybridized carbons (Fsp3) is 0.333. The second kappa shape index (κ2) is 4.85. The van der Waals surface area contributed by atoms with Crippen LogP contribution in [0.4, 0.5) is 4.39 Å². The number of rotatable bonds is 4. The van der Waals surface area contributed by atoms with Crippen LogP contribution in [0.15, 0.2) is 24.3 Å². The van der Waals surface area contributed by atoms with Crippen LogP contribution in [0.2, 0.25) is 0 Å². The highest BCUT2D eigenvalue weighted by molar-refractivity contribution is 5.15. The maximum atomic E-state index is 12.6. The molecule has 0 amide bonds. The van der Waals surface area contributed by atoms with Crippen LogP contribution in [0.3, 0.4) is 0 Å². The molecule has 0 aliphatic rings. The zero-order chi connectivity index (χ0) is 8.81. The van der Waals surface area contributed by atoms with E-state index in [0.29, 0.717) is 19.8 Å². The monoisotopic (exact) mass is 169 g/mol. The van der Waals surface area contributed by atoms with E-state index < -0.39 is 0 Å². The van der Waals surface area contributed by atoms with E-state index in [1.807, 2.05) is 6.07 Å². The predicted octanol–water partition coefficient (Wildman–Crippen LogP) is 1.30. The van der Waals surface area contributed by atoms with Crippen LogP contribution < -0.4 is 5.73 Å². The molecule has 0 aliphatic carbocycles. The van der Waals surface area contributed by atoms with Gasteiger partial charge >= 0.3 is 0 Å². The van der Waals surface area contributed by atoms with E-state index in [1.165, 1.54) is 12.1 Å². The molecule has 0 bridgehead atoms. The summed E-state index contributed by atoms with van der Waals surface area (Å²) in [4.78, 5) is 0. The van der Waals surface area contributed by atoms with E-state index in [1.54, 1.807) is 6.07 Å². The first-order valence-electron chi connectivity index (χ1n) is 3.85. The summed E-state index contributed by atoms with van der Waals surface area (Å²) in [7, 11) is 0. The minimum atomic E-state index is -0.233. The van der Waals surface area contributed by atoms with Gasteiger partial charge in [0.25, 0.3) is 0 Å². The second-order valence-electron chi connectivity index (χ2n) is 2.47. The molecule has 0 atom stereocenters. The second-order valence-corrected chi connectivity index (χ2v) is 2.47. The molecule has 12 heavy (non-hydrogen) atoms. The molecule has 1 aromatic carbocycles. The summed E-state index contributed by atoms with van der Waals surface area (Å²) in [6, 6.07) is 6.35. The van der Waals surface area contributed by atoms with Crippen molar-refractivity contribution in [3.63, 3.8) is 0 Å². The molecule has 0 aromatic heterocycles. The first-order valence-corrected chi connectivity index (χ1v) is 3.85. The average molecular weight is 169 g/mol. The minimum Gasteiger partial charge on any atom is -0.375 e. The number of nitrogens with two attached hydrogens (primary N) is 1. The molecule has 0 radical (unpaired) electrons. The SMILES string of the molecule is NCCOCc1cccc(F)c1. The van der Waals surface area contributed by atoms with Crippen LogP contribution in [0.5, 0.6) is 0 Å². The van der Waals surface area contributed by atoms with Gasteiger partial charge in [-0.2, -0.15) is 0 Å². The number of hydrogen-bond acceptors (Lipinski definition) is 2. The molecule has 0 unspecified atom stereocenters. The van der Waals surface area contributed by atoms with E-state index in [-0.39, 0.29) is 5.82 Å². The quantitative estimate of drug-likeness (QED) is 0.689. The molecule has 3 heteroatoms. The maximum Gasteiger partial charge on any atom is 0.123 e. The van der Waals surface area contributed by atoms with Gasteiger partial charge < -0.3 is 10.5 Å². The minimum absolute atomic E-state index is 0.233. The molecule has 0 heterocycles. The summed E-state index contributed by atoms with van der Waals surface area (Å²) in [6.45, 7) is 1.43. The third-order valence-corrected chi connectivity index (χ3v) is 1.42. The van der Waals surface area contributed by atoms with Crippen LogP contribution in [0, 0.1) is 5.82 Å². The molecule has 2 nitrogen and oxygen atoms in total. The summed E-state index contributed by atoms with van der Waals surface area (Å²) in [5, 5.41) is 0.